The van der Waals surface area contributed by atoms with Crippen molar-refractivity contribution in [3.05, 3.63) is 0 Å². The van der Waals surface area contributed by atoms with Gasteiger partial charge in [0, 0.05) is 0 Å². The number of aliphatic hydroxyl groups excluding tert-OH is 1. The Bertz CT molecular complexity index is 225. The van der Waals surface area contributed by atoms with Crippen LogP contribution in [0, 0.1) is 11.8 Å². The Labute approximate surface area is 90.2 Å². The molecule has 1 aliphatic carbocycles. The van der Waals surface area contributed by atoms with Crippen LogP contribution in [0.3, 0.4) is 0 Å². The molecule has 88 valence electrons. The molecule has 0 radical (unpaired) electrons. The molecule has 0 saturated heterocycles. The van der Waals surface area contributed by atoms with Crippen LogP contribution in [0.2, 0.25) is 0 Å². The fourth-order valence-corrected chi connectivity index (χ4v) is 2.20. The molecule has 0 aromatic heterocycles. The summed E-state index contributed by atoms with van der Waals surface area (Å²) in [5.74, 6) is 0.0124. The van der Waals surface area contributed by atoms with E-state index in [-0.39, 0.29) is 13.2 Å². The van der Waals surface area contributed by atoms with Crippen molar-refractivity contribution in [3.63, 3.8) is 0 Å². The molecule has 3 atom stereocenters. The predicted molar refractivity (Wildman–Crippen MR) is 55.6 cm³/mol. The van der Waals surface area contributed by atoms with Crippen molar-refractivity contribution in [2.75, 3.05) is 13.2 Å². The van der Waals surface area contributed by atoms with Gasteiger partial charge in [0.1, 0.15) is 0 Å². The molecule has 3 unspecified atom stereocenters. The summed E-state index contributed by atoms with van der Waals surface area (Å²) >= 11 is 0. The Kier molecular flexibility index (Phi) is 4.11. The van der Waals surface area contributed by atoms with Gasteiger partial charge in [0.05, 0.1) is 13.2 Å². The van der Waals surface area contributed by atoms with E-state index in [0.29, 0.717) is 24.7 Å². The molecule has 1 saturated carbocycles. The smallest absolute Gasteiger partial charge is 0.335 e. The number of carboxylic acid groups (broad SMARTS) is 1. The summed E-state index contributed by atoms with van der Waals surface area (Å²) in [6, 6.07) is 0. The minimum atomic E-state index is -1.06. The number of carboxylic acids is 1. The van der Waals surface area contributed by atoms with E-state index < -0.39 is 11.6 Å². The topological polar surface area (TPSA) is 66.8 Å². The van der Waals surface area contributed by atoms with E-state index in [1.165, 1.54) is 0 Å². The second-order valence-corrected chi connectivity index (χ2v) is 4.57. The zero-order valence-electron chi connectivity index (χ0n) is 9.40. The highest BCUT2D eigenvalue weighted by molar-refractivity contribution is 5.77. The first-order valence-electron chi connectivity index (χ1n) is 5.50. The van der Waals surface area contributed by atoms with Crippen LogP contribution in [0.1, 0.15) is 33.1 Å². The van der Waals surface area contributed by atoms with Crippen LogP contribution in [0.4, 0.5) is 0 Å². The maximum atomic E-state index is 11.2. The monoisotopic (exact) mass is 216 g/mol. The molecule has 4 heteroatoms. The lowest BCUT2D eigenvalue weighted by atomic mass is 9.73. The van der Waals surface area contributed by atoms with Crippen molar-refractivity contribution < 1.29 is 19.7 Å². The van der Waals surface area contributed by atoms with Gasteiger partial charge in [-0.15, -0.1) is 0 Å². The average molecular weight is 216 g/mol. The molecule has 1 rings (SSSR count). The fraction of sp³-hybridized carbons (Fsp3) is 0.909. The summed E-state index contributed by atoms with van der Waals surface area (Å²) in [4.78, 5) is 11.2. The van der Waals surface area contributed by atoms with Gasteiger partial charge in [-0.1, -0.05) is 13.8 Å². The van der Waals surface area contributed by atoms with E-state index in [0.717, 1.165) is 6.42 Å². The molecule has 0 heterocycles. The summed E-state index contributed by atoms with van der Waals surface area (Å²) in [6.07, 6.45) is 1.97. The highest BCUT2D eigenvalue weighted by Gasteiger charge is 2.44. The highest BCUT2D eigenvalue weighted by atomic mass is 16.5. The lowest BCUT2D eigenvalue weighted by Crippen LogP contribution is -2.47. The third-order valence-corrected chi connectivity index (χ3v) is 3.49. The number of aliphatic hydroxyl groups is 1. The Balaban J connectivity index is 2.70. The largest absolute Gasteiger partial charge is 0.479 e. The first-order chi connectivity index (χ1) is 7.02. The van der Waals surface area contributed by atoms with Gasteiger partial charge in [-0.25, -0.2) is 4.79 Å². The van der Waals surface area contributed by atoms with Crippen molar-refractivity contribution in [2.45, 2.75) is 38.7 Å². The molecule has 1 aliphatic rings. The van der Waals surface area contributed by atoms with Crippen LogP contribution < -0.4 is 0 Å². The van der Waals surface area contributed by atoms with Crippen LogP contribution in [0.5, 0.6) is 0 Å². The van der Waals surface area contributed by atoms with Gasteiger partial charge in [-0.2, -0.15) is 0 Å². The van der Waals surface area contributed by atoms with Gasteiger partial charge in [-0.05, 0) is 31.1 Å². The average Bonchev–Trinajstić information content (AvgIpc) is 2.20. The molecule has 0 bridgehead atoms. The molecule has 2 N–H and O–H groups in total. The van der Waals surface area contributed by atoms with E-state index in [2.05, 4.69) is 13.8 Å². The van der Waals surface area contributed by atoms with E-state index in [1.807, 2.05) is 0 Å². The third-order valence-electron chi connectivity index (χ3n) is 3.49. The molecular formula is C11H20O4. The summed E-state index contributed by atoms with van der Waals surface area (Å²) in [6.45, 7) is 4.18. The van der Waals surface area contributed by atoms with E-state index in [9.17, 15) is 9.90 Å². The third kappa shape index (κ3) is 2.69. The van der Waals surface area contributed by atoms with Crippen LogP contribution in [-0.4, -0.2) is 35.0 Å². The van der Waals surface area contributed by atoms with E-state index in [1.54, 1.807) is 0 Å². The van der Waals surface area contributed by atoms with Crippen LogP contribution in [0.15, 0.2) is 0 Å². The zero-order valence-corrected chi connectivity index (χ0v) is 9.40. The normalized spacial score (nSPS) is 36.5. The minimum absolute atomic E-state index is 0.105. The molecular weight excluding hydrogens is 196 g/mol. The molecule has 0 aromatic carbocycles. The van der Waals surface area contributed by atoms with Crippen molar-refractivity contribution >= 4 is 5.97 Å². The number of hydrogen-bond donors (Lipinski definition) is 2. The van der Waals surface area contributed by atoms with Crippen LogP contribution >= 0.6 is 0 Å². The lowest BCUT2D eigenvalue weighted by molar-refractivity contribution is -0.176. The molecule has 15 heavy (non-hydrogen) atoms. The Morgan fingerprint density at radius 2 is 2.13 bits per heavy atom. The van der Waals surface area contributed by atoms with Gasteiger partial charge in [-0.3, -0.25) is 0 Å². The standard InChI is InChI=1S/C11H20O4/c1-8-3-4-11(10(13)14,7-9(8)2)15-6-5-12/h8-9,12H,3-7H2,1-2H3,(H,13,14). The van der Waals surface area contributed by atoms with Crippen molar-refractivity contribution in [1.29, 1.82) is 0 Å². The molecule has 0 aliphatic heterocycles. The first kappa shape index (κ1) is 12.5. The van der Waals surface area contributed by atoms with Crippen LogP contribution in [0.25, 0.3) is 0 Å². The van der Waals surface area contributed by atoms with Crippen LogP contribution in [-0.2, 0) is 9.53 Å². The van der Waals surface area contributed by atoms with Gasteiger partial charge in [0.25, 0.3) is 0 Å². The number of hydrogen-bond acceptors (Lipinski definition) is 3. The maximum Gasteiger partial charge on any atom is 0.335 e. The predicted octanol–water partition coefficient (Wildman–Crippen LogP) is 1.27. The summed E-state index contributed by atoms with van der Waals surface area (Å²) in [7, 11) is 0. The minimum Gasteiger partial charge on any atom is -0.479 e. The zero-order chi connectivity index (χ0) is 11.5. The second-order valence-electron chi connectivity index (χ2n) is 4.57. The SMILES string of the molecule is CC1CCC(OCCO)(C(=O)O)CC1C. The van der Waals surface area contributed by atoms with E-state index >= 15 is 0 Å². The Hall–Kier alpha value is -0.610. The Morgan fingerprint density at radius 3 is 2.60 bits per heavy atom. The van der Waals surface area contributed by atoms with Gasteiger partial charge >= 0.3 is 5.97 Å². The number of rotatable bonds is 4. The highest BCUT2D eigenvalue weighted by Crippen LogP contribution is 2.38. The first-order valence-corrected chi connectivity index (χ1v) is 5.50. The summed E-state index contributed by atoms with van der Waals surface area (Å²) < 4.78 is 5.35. The van der Waals surface area contributed by atoms with Crippen molar-refractivity contribution in [1.82, 2.24) is 0 Å². The summed E-state index contributed by atoms with van der Waals surface area (Å²) in [5, 5.41) is 17.9. The number of ether oxygens (including phenoxy) is 1. The molecule has 0 spiro atoms. The van der Waals surface area contributed by atoms with Crippen molar-refractivity contribution in [3.8, 4) is 0 Å². The van der Waals surface area contributed by atoms with E-state index in [4.69, 9.17) is 9.84 Å². The van der Waals surface area contributed by atoms with Gasteiger partial charge in [0.2, 0.25) is 0 Å². The molecule has 0 amide bonds. The molecule has 4 nitrogen and oxygen atoms in total. The van der Waals surface area contributed by atoms with Gasteiger partial charge < -0.3 is 14.9 Å². The quantitative estimate of drug-likeness (QED) is 0.742. The second kappa shape index (κ2) is 4.94. The lowest BCUT2D eigenvalue weighted by Gasteiger charge is -2.39. The summed E-state index contributed by atoms with van der Waals surface area (Å²) in [5.41, 5.74) is -1.06. The van der Waals surface area contributed by atoms with Crippen molar-refractivity contribution in [2.24, 2.45) is 11.8 Å². The molecule has 0 aromatic rings. The Morgan fingerprint density at radius 1 is 1.47 bits per heavy atom. The number of carbonyl (C=O) groups is 1. The van der Waals surface area contributed by atoms with Gasteiger partial charge in [0.15, 0.2) is 5.60 Å². The fourth-order valence-electron chi connectivity index (χ4n) is 2.20. The molecule has 1 fully saturated rings. The number of aliphatic carboxylic acids is 1. The maximum absolute atomic E-state index is 11.2.